The van der Waals surface area contributed by atoms with Crippen molar-refractivity contribution < 1.29 is 0 Å². The third-order valence-electron chi connectivity index (χ3n) is 9.19. The summed E-state index contributed by atoms with van der Waals surface area (Å²) in [5.41, 5.74) is 85.0. The summed E-state index contributed by atoms with van der Waals surface area (Å²) >= 11 is 0. The first-order valence-electron chi connectivity index (χ1n) is 18.7. The van der Waals surface area contributed by atoms with Crippen LogP contribution in [0.2, 0.25) is 0 Å². The van der Waals surface area contributed by atoms with Gasteiger partial charge in [-0.2, -0.15) is 0 Å². The van der Waals surface area contributed by atoms with E-state index in [1.165, 1.54) is 0 Å². The van der Waals surface area contributed by atoms with Gasteiger partial charge in [-0.15, -0.1) is 49.6 Å². The standard InChI is InChI=1S/4C12H13N3.4ClH/c4*13-9-3-1-8(2-4-9)11-6-5-10(14)7-12(11)15;;;;/h4*1-7H,13-15H2;4*1H. The highest BCUT2D eigenvalue weighted by atomic mass is 35.5. The maximum atomic E-state index is 5.88. The lowest BCUT2D eigenvalue weighted by Crippen LogP contribution is -1.93. The number of benzene rings is 8. The van der Waals surface area contributed by atoms with Crippen molar-refractivity contribution in [2.24, 2.45) is 0 Å². The number of nitrogen functional groups attached to an aromatic ring is 12. The zero-order chi connectivity index (χ0) is 43.3. The molecule has 0 aliphatic heterocycles. The molecule has 64 heavy (non-hydrogen) atoms. The van der Waals surface area contributed by atoms with Crippen LogP contribution < -0.4 is 68.8 Å². The van der Waals surface area contributed by atoms with Crippen LogP contribution >= 0.6 is 49.6 Å². The molecule has 8 rings (SSSR count). The van der Waals surface area contributed by atoms with E-state index in [0.29, 0.717) is 45.5 Å². The van der Waals surface area contributed by atoms with E-state index in [1.807, 2.05) is 146 Å². The van der Waals surface area contributed by atoms with Crippen LogP contribution in [-0.4, -0.2) is 0 Å². The molecule has 0 saturated heterocycles. The Morgan fingerprint density at radius 1 is 0.172 bits per heavy atom. The van der Waals surface area contributed by atoms with Crippen molar-refractivity contribution in [3.8, 4) is 44.5 Å². The molecule has 336 valence electrons. The van der Waals surface area contributed by atoms with Crippen LogP contribution in [0.5, 0.6) is 0 Å². The number of anilines is 12. The Morgan fingerprint density at radius 2 is 0.312 bits per heavy atom. The summed E-state index contributed by atoms with van der Waals surface area (Å²) < 4.78 is 0. The highest BCUT2D eigenvalue weighted by Crippen LogP contribution is 2.31. The molecule has 0 aliphatic carbocycles. The molecule has 0 fully saturated rings. The maximum Gasteiger partial charge on any atom is 0.0414 e. The SMILES string of the molecule is Cl.Cl.Cl.Cl.Nc1ccc(-c2ccc(N)cc2N)cc1.Nc1ccc(-c2ccc(N)cc2N)cc1.Nc1ccc(-c2ccc(N)cc2N)cc1.Nc1ccc(-c2ccc(N)cc2N)cc1. The van der Waals surface area contributed by atoms with Crippen LogP contribution in [0.4, 0.5) is 68.2 Å². The van der Waals surface area contributed by atoms with Crippen molar-refractivity contribution in [2.45, 2.75) is 0 Å². The third kappa shape index (κ3) is 15.5. The van der Waals surface area contributed by atoms with Crippen LogP contribution in [0.1, 0.15) is 0 Å². The van der Waals surface area contributed by atoms with E-state index in [9.17, 15) is 0 Å². The average Bonchev–Trinajstić information content (AvgIpc) is 3.21. The monoisotopic (exact) mass is 940 g/mol. The molecule has 0 bridgehead atoms. The van der Waals surface area contributed by atoms with Gasteiger partial charge in [0.05, 0.1) is 0 Å². The Kier molecular flexibility index (Phi) is 21.7. The lowest BCUT2D eigenvalue weighted by Gasteiger charge is -2.06. The second kappa shape index (κ2) is 25.5. The number of nitrogens with two attached hydrogens (primary N) is 12. The fraction of sp³-hybridized carbons (Fsp3) is 0. The molecule has 0 spiro atoms. The van der Waals surface area contributed by atoms with E-state index in [1.54, 1.807) is 24.3 Å². The largest absolute Gasteiger partial charge is 0.399 e. The molecule has 16 heteroatoms. The first kappa shape index (κ1) is 54.5. The molecule has 0 radical (unpaired) electrons. The lowest BCUT2D eigenvalue weighted by atomic mass is 10.0. The van der Waals surface area contributed by atoms with Gasteiger partial charge in [0.2, 0.25) is 0 Å². The Labute approximate surface area is 399 Å². The highest BCUT2D eigenvalue weighted by molar-refractivity contribution is 5.86. The smallest absolute Gasteiger partial charge is 0.0414 e. The van der Waals surface area contributed by atoms with Crippen molar-refractivity contribution in [1.82, 2.24) is 0 Å². The van der Waals surface area contributed by atoms with E-state index in [4.69, 9.17) is 68.8 Å². The van der Waals surface area contributed by atoms with Gasteiger partial charge in [-0.05, 0) is 119 Å². The van der Waals surface area contributed by atoms with Crippen molar-refractivity contribution in [1.29, 1.82) is 0 Å². The number of rotatable bonds is 4. The predicted molar refractivity (Wildman–Crippen MR) is 289 cm³/mol. The van der Waals surface area contributed by atoms with E-state index in [-0.39, 0.29) is 49.6 Å². The molecular formula is C48H56Cl4N12. The van der Waals surface area contributed by atoms with Crippen LogP contribution in [0.3, 0.4) is 0 Å². The lowest BCUT2D eigenvalue weighted by molar-refractivity contribution is 1.60. The van der Waals surface area contributed by atoms with Gasteiger partial charge in [-0.1, -0.05) is 72.8 Å². The predicted octanol–water partition coefficient (Wildman–Crippen LogP) is 10.1. The zero-order valence-corrected chi connectivity index (χ0v) is 38.0. The van der Waals surface area contributed by atoms with Gasteiger partial charge in [0.1, 0.15) is 0 Å². The minimum absolute atomic E-state index is 0. The third-order valence-corrected chi connectivity index (χ3v) is 9.19. The maximum absolute atomic E-state index is 5.88. The molecular weight excluding hydrogens is 886 g/mol. The fourth-order valence-electron chi connectivity index (χ4n) is 6.03. The molecule has 12 nitrogen and oxygen atoms in total. The molecule has 0 aliphatic rings. The molecule has 0 atom stereocenters. The van der Waals surface area contributed by atoms with E-state index >= 15 is 0 Å². The quantitative estimate of drug-likeness (QED) is 0.0733. The molecule has 8 aromatic carbocycles. The van der Waals surface area contributed by atoms with E-state index in [2.05, 4.69) is 0 Å². The van der Waals surface area contributed by atoms with Crippen LogP contribution in [0.15, 0.2) is 170 Å². The molecule has 0 amide bonds. The molecule has 8 aromatic rings. The van der Waals surface area contributed by atoms with Crippen molar-refractivity contribution in [2.75, 3.05) is 68.8 Å². The topological polar surface area (TPSA) is 312 Å². The minimum Gasteiger partial charge on any atom is -0.399 e. The van der Waals surface area contributed by atoms with Crippen molar-refractivity contribution >= 4 is 118 Å². The Morgan fingerprint density at radius 3 is 0.453 bits per heavy atom. The van der Waals surface area contributed by atoms with Gasteiger partial charge in [-0.25, -0.2) is 0 Å². The Balaban J connectivity index is 0.000000418. The fourth-order valence-corrected chi connectivity index (χ4v) is 6.03. The number of hydrogen-bond donors (Lipinski definition) is 12. The molecule has 0 heterocycles. The molecule has 0 saturated carbocycles. The number of hydrogen-bond acceptors (Lipinski definition) is 12. The van der Waals surface area contributed by atoms with Gasteiger partial charge < -0.3 is 68.8 Å². The molecule has 0 unspecified atom stereocenters. The Hall–Kier alpha value is -7.48. The summed E-state index contributed by atoms with van der Waals surface area (Å²) in [4.78, 5) is 0. The molecule has 24 N–H and O–H groups in total. The summed E-state index contributed by atoms with van der Waals surface area (Å²) in [6.45, 7) is 0. The highest BCUT2D eigenvalue weighted by Gasteiger charge is 2.05. The number of halogens is 4. The summed E-state index contributed by atoms with van der Waals surface area (Å²) in [5.74, 6) is 0. The first-order valence-corrected chi connectivity index (χ1v) is 18.7. The summed E-state index contributed by atoms with van der Waals surface area (Å²) in [6.07, 6.45) is 0. The van der Waals surface area contributed by atoms with Crippen LogP contribution in [-0.2, 0) is 0 Å². The van der Waals surface area contributed by atoms with Gasteiger partial charge >= 0.3 is 0 Å². The van der Waals surface area contributed by atoms with Gasteiger partial charge in [-0.3, -0.25) is 0 Å². The molecule has 0 aromatic heterocycles. The van der Waals surface area contributed by atoms with Crippen LogP contribution in [0.25, 0.3) is 44.5 Å². The van der Waals surface area contributed by atoms with Gasteiger partial charge in [0.15, 0.2) is 0 Å². The summed E-state index contributed by atoms with van der Waals surface area (Å²) in [5, 5.41) is 0. The van der Waals surface area contributed by atoms with Crippen molar-refractivity contribution in [3.05, 3.63) is 170 Å². The first-order chi connectivity index (χ1) is 28.7. The average molecular weight is 943 g/mol. The zero-order valence-electron chi connectivity index (χ0n) is 34.7. The van der Waals surface area contributed by atoms with Crippen LogP contribution in [0, 0.1) is 0 Å². The van der Waals surface area contributed by atoms with Gasteiger partial charge in [0, 0.05) is 90.5 Å². The van der Waals surface area contributed by atoms with E-state index < -0.39 is 0 Å². The Bertz CT molecular complexity index is 2290. The normalized spacial score (nSPS) is 9.50. The van der Waals surface area contributed by atoms with Gasteiger partial charge in [0.25, 0.3) is 0 Å². The van der Waals surface area contributed by atoms with E-state index in [0.717, 1.165) is 67.3 Å². The summed E-state index contributed by atoms with van der Waals surface area (Å²) in [6, 6.07) is 52.4. The van der Waals surface area contributed by atoms with Crippen molar-refractivity contribution in [3.63, 3.8) is 0 Å². The minimum atomic E-state index is 0. The second-order valence-electron chi connectivity index (χ2n) is 13.9. The second-order valence-corrected chi connectivity index (χ2v) is 13.9. The summed E-state index contributed by atoms with van der Waals surface area (Å²) in [7, 11) is 0.